The van der Waals surface area contributed by atoms with Crippen LogP contribution in [0.25, 0.3) is 0 Å². The van der Waals surface area contributed by atoms with Crippen molar-refractivity contribution in [2.75, 3.05) is 31.1 Å². The summed E-state index contributed by atoms with van der Waals surface area (Å²) in [6, 6.07) is 1.00. The molecular formula is C12H20N4O2. The summed E-state index contributed by atoms with van der Waals surface area (Å²) in [6.45, 7) is 4.78. The van der Waals surface area contributed by atoms with Crippen molar-refractivity contribution in [3.05, 3.63) is 5.89 Å². The van der Waals surface area contributed by atoms with Crippen molar-refractivity contribution in [2.24, 2.45) is 5.41 Å². The largest absolute Gasteiger partial charge is 0.408 e. The van der Waals surface area contributed by atoms with Gasteiger partial charge < -0.3 is 19.7 Å². The third-order valence-electron chi connectivity index (χ3n) is 4.28. The zero-order chi connectivity index (χ0) is 12.6. The highest BCUT2D eigenvalue weighted by molar-refractivity contribution is 5.28. The summed E-state index contributed by atoms with van der Waals surface area (Å²) in [5, 5.41) is 21.3. The van der Waals surface area contributed by atoms with Gasteiger partial charge in [-0.15, -0.1) is 5.10 Å². The fourth-order valence-corrected chi connectivity index (χ4v) is 3.27. The molecule has 6 nitrogen and oxygen atoms in total. The molecule has 0 spiro atoms. The van der Waals surface area contributed by atoms with Gasteiger partial charge in [0.25, 0.3) is 0 Å². The molecule has 1 aromatic rings. The zero-order valence-corrected chi connectivity index (χ0v) is 10.7. The number of anilines is 1. The van der Waals surface area contributed by atoms with E-state index in [0.29, 0.717) is 17.9 Å². The summed E-state index contributed by atoms with van der Waals surface area (Å²) in [5.41, 5.74) is -0.0567. The number of fused-ring (bicyclic) bond motifs is 1. The minimum Gasteiger partial charge on any atom is -0.408 e. The molecule has 2 aliphatic heterocycles. The molecular weight excluding hydrogens is 232 g/mol. The zero-order valence-electron chi connectivity index (χ0n) is 10.7. The van der Waals surface area contributed by atoms with E-state index in [9.17, 15) is 5.11 Å². The molecule has 2 N–H and O–H groups in total. The van der Waals surface area contributed by atoms with E-state index < -0.39 is 0 Å². The van der Waals surface area contributed by atoms with Crippen LogP contribution < -0.4 is 10.2 Å². The van der Waals surface area contributed by atoms with Crippen molar-refractivity contribution >= 4 is 6.01 Å². The van der Waals surface area contributed by atoms with E-state index in [1.165, 1.54) is 0 Å². The Kier molecular flexibility index (Phi) is 2.99. The summed E-state index contributed by atoms with van der Waals surface area (Å²) >= 11 is 0. The SMILES string of the molecule is Cc1nnc(N2CC[C@H]3NCCC[C@]3(CO)C2)o1. The van der Waals surface area contributed by atoms with Gasteiger partial charge in [-0.1, -0.05) is 5.10 Å². The highest BCUT2D eigenvalue weighted by Crippen LogP contribution is 2.38. The lowest BCUT2D eigenvalue weighted by molar-refractivity contribution is 0.0391. The first-order chi connectivity index (χ1) is 8.73. The van der Waals surface area contributed by atoms with Gasteiger partial charge in [0.2, 0.25) is 5.89 Å². The minimum atomic E-state index is -0.0567. The van der Waals surface area contributed by atoms with Gasteiger partial charge in [0.1, 0.15) is 0 Å². The van der Waals surface area contributed by atoms with Gasteiger partial charge in [0.15, 0.2) is 0 Å². The number of hydrogen-bond donors (Lipinski definition) is 2. The van der Waals surface area contributed by atoms with Crippen LogP contribution in [-0.4, -0.2) is 47.6 Å². The summed E-state index contributed by atoms with van der Waals surface area (Å²) in [5.74, 6) is 0.590. The molecule has 18 heavy (non-hydrogen) atoms. The highest BCUT2D eigenvalue weighted by atomic mass is 16.4. The Morgan fingerprint density at radius 1 is 1.56 bits per heavy atom. The molecule has 0 aliphatic carbocycles. The Labute approximate surface area is 106 Å². The van der Waals surface area contributed by atoms with E-state index in [-0.39, 0.29) is 12.0 Å². The number of aliphatic hydroxyl groups excluding tert-OH is 1. The second kappa shape index (κ2) is 4.51. The third kappa shape index (κ3) is 1.89. The van der Waals surface area contributed by atoms with Gasteiger partial charge in [-0.3, -0.25) is 0 Å². The van der Waals surface area contributed by atoms with Crippen molar-refractivity contribution in [1.29, 1.82) is 0 Å². The number of hydrogen-bond acceptors (Lipinski definition) is 6. The number of nitrogens with zero attached hydrogens (tertiary/aromatic N) is 3. The molecule has 0 radical (unpaired) electrons. The van der Waals surface area contributed by atoms with Crippen LogP contribution in [0.1, 0.15) is 25.2 Å². The van der Waals surface area contributed by atoms with Crippen LogP contribution >= 0.6 is 0 Å². The Morgan fingerprint density at radius 2 is 2.44 bits per heavy atom. The number of rotatable bonds is 2. The van der Waals surface area contributed by atoms with E-state index in [1.807, 2.05) is 0 Å². The predicted octanol–water partition coefficient (Wildman–Crippen LogP) is 0.319. The maximum atomic E-state index is 9.81. The van der Waals surface area contributed by atoms with E-state index >= 15 is 0 Å². The molecule has 2 fully saturated rings. The summed E-state index contributed by atoms with van der Waals surface area (Å²) < 4.78 is 5.49. The smallest absolute Gasteiger partial charge is 0.318 e. The van der Waals surface area contributed by atoms with Gasteiger partial charge in [0, 0.05) is 31.5 Å². The van der Waals surface area contributed by atoms with Crippen LogP contribution in [-0.2, 0) is 0 Å². The molecule has 6 heteroatoms. The maximum absolute atomic E-state index is 9.81. The normalized spacial score (nSPS) is 32.3. The molecule has 0 amide bonds. The lowest BCUT2D eigenvalue weighted by atomic mass is 9.71. The Morgan fingerprint density at radius 3 is 3.17 bits per heavy atom. The lowest BCUT2D eigenvalue weighted by Gasteiger charge is -2.49. The maximum Gasteiger partial charge on any atom is 0.318 e. The number of aryl methyl sites for hydroxylation is 1. The second-order valence-corrected chi connectivity index (χ2v) is 5.44. The topological polar surface area (TPSA) is 74.4 Å². The molecule has 2 aliphatic rings. The van der Waals surface area contributed by atoms with E-state index in [4.69, 9.17) is 4.42 Å². The molecule has 100 valence electrons. The van der Waals surface area contributed by atoms with Crippen molar-refractivity contribution in [3.8, 4) is 0 Å². The van der Waals surface area contributed by atoms with Crippen LogP contribution in [0, 0.1) is 12.3 Å². The Bertz CT molecular complexity index is 422. The summed E-state index contributed by atoms with van der Waals surface area (Å²) in [6.07, 6.45) is 3.19. The quantitative estimate of drug-likeness (QED) is 0.789. The van der Waals surface area contributed by atoms with Crippen molar-refractivity contribution in [3.63, 3.8) is 0 Å². The van der Waals surface area contributed by atoms with Gasteiger partial charge in [-0.25, -0.2) is 0 Å². The monoisotopic (exact) mass is 252 g/mol. The first-order valence-corrected chi connectivity index (χ1v) is 6.63. The second-order valence-electron chi connectivity index (χ2n) is 5.44. The fraction of sp³-hybridized carbons (Fsp3) is 0.833. The number of nitrogens with one attached hydrogen (secondary N) is 1. The highest BCUT2D eigenvalue weighted by Gasteiger charge is 2.45. The minimum absolute atomic E-state index is 0.0567. The molecule has 2 atom stereocenters. The standard InChI is InChI=1S/C12H20N4O2/c1-9-14-15-11(18-9)16-6-3-10-12(7-16,8-17)4-2-5-13-10/h10,13,17H,2-8H2,1H3/t10-,12-/m1/s1. The lowest BCUT2D eigenvalue weighted by Crippen LogP contribution is -2.61. The van der Waals surface area contributed by atoms with Crippen LogP contribution in [0.15, 0.2) is 4.42 Å². The number of aromatic nitrogens is 2. The molecule has 3 heterocycles. The van der Waals surface area contributed by atoms with E-state index in [1.54, 1.807) is 6.92 Å². The molecule has 0 saturated carbocycles. The van der Waals surface area contributed by atoms with Crippen molar-refractivity contribution in [2.45, 2.75) is 32.2 Å². The van der Waals surface area contributed by atoms with Gasteiger partial charge >= 0.3 is 6.01 Å². The molecule has 0 unspecified atom stereocenters. The number of piperidine rings is 2. The Hall–Kier alpha value is -1.14. The average molecular weight is 252 g/mol. The summed E-state index contributed by atoms with van der Waals surface area (Å²) in [7, 11) is 0. The van der Waals surface area contributed by atoms with Gasteiger partial charge in [0.05, 0.1) is 6.61 Å². The average Bonchev–Trinajstić information content (AvgIpc) is 2.85. The first-order valence-electron chi connectivity index (χ1n) is 6.63. The predicted molar refractivity (Wildman–Crippen MR) is 66.4 cm³/mol. The fourth-order valence-electron chi connectivity index (χ4n) is 3.27. The van der Waals surface area contributed by atoms with E-state index in [2.05, 4.69) is 20.4 Å². The van der Waals surface area contributed by atoms with Crippen LogP contribution in [0.5, 0.6) is 0 Å². The van der Waals surface area contributed by atoms with Crippen LogP contribution in [0.3, 0.4) is 0 Å². The van der Waals surface area contributed by atoms with Gasteiger partial charge in [-0.2, -0.15) is 0 Å². The van der Waals surface area contributed by atoms with Crippen LogP contribution in [0.4, 0.5) is 6.01 Å². The molecule has 2 saturated heterocycles. The third-order valence-corrected chi connectivity index (χ3v) is 4.28. The van der Waals surface area contributed by atoms with E-state index in [0.717, 1.165) is 38.9 Å². The molecule has 0 aromatic carbocycles. The summed E-state index contributed by atoms with van der Waals surface area (Å²) in [4.78, 5) is 2.11. The van der Waals surface area contributed by atoms with Crippen LogP contribution in [0.2, 0.25) is 0 Å². The molecule has 3 rings (SSSR count). The first kappa shape index (κ1) is 11.9. The number of aliphatic hydroxyl groups is 1. The molecule has 0 bridgehead atoms. The molecule has 1 aromatic heterocycles. The Balaban J connectivity index is 1.80. The van der Waals surface area contributed by atoms with Crippen molar-refractivity contribution in [1.82, 2.24) is 15.5 Å². The van der Waals surface area contributed by atoms with Crippen molar-refractivity contribution < 1.29 is 9.52 Å². The van der Waals surface area contributed by atoms with Gasteiger partial charge in [-0.05, 0) is 25.8 Å².